The highest BCUT2D eigenvalue weighted by Crippen LogP contribution is 2.60. The minimum Gasteiger partial charge on any atom is -0.310 e. The van der Waals surface area contributed by atoms with Crippen molar-refractivity contribution in [3.63, 3.8) is 0 Å². The van der Waals surface area contributed by atoms with Crippen molar-refractivity contribution in [3.8, 4) is 5.69 Å². The summed E-state index contributed by atoms with van der Waals surface area (Å²) >= 11 is 0. The maximum atomic E-state index is 13.6. The van der Waals surface area contributed by atoms with Gasteiger partial charge in [0.15, 0.2) is 0 Å². The lowest BCUT2D eigenvalue weighted by Crippen LogP contribution is -2.52. The topological polar surface area (TPSA) is 46.9 Å². The first-order valence-corrected chi connectivity index (χ1v) is 10.7. The standard InChI is InChI=1S/C23H27N3O/c27-22(23-12-15-9-16(13-23)11-17(10-15)14-23)24-21-19-7-4-8-20(19)25-26(21)18-5-2-1-3-6-18/h1-3,5-6,15-17H,4,7-14H2,(H,24,27). The lowest BCUT2D eigenvalue weighted by molar-refractivity contribution is -0.140. The van der Waals surface area contributed by atoms with Crippen LogP contribution in [0, 0.1) is 23.2 Å². The van der Waals surface area contributed by atoms with Crippen molar-refractivity contribution in [2.24, 2.45) is 23.2 Å². The number of benzene rings is 1. The van der Waals surface area contributed by atoms with Crippen molar-refractivity contribution in [2.75, 3.05) is 5.32 Å². The van der Waals surface area contributed by atoms with Crippen molar-refractivity contribution in [1.29, 1.82) is 0 Å². The van der Waals surface area contributed by atoms with E-state index in [9.17, 15) is 4.79 Å². The van der Waals surface area contributed by atoms with E-state index in [1.54, 1.807) is 0 Å². The van der Waals surface area contributed by atoms with Crippen molar-refractivity contribution >= 4 is 11.7 Å². The molecule has 0 saturated heterocycles. The van der Waals surface area contributed by atoms with Crippen LogP contribution in [0.5, 0.6) is 0 Å². The molecule has 5 aliphatic carbocycles. The Kier molecular flexibility index (Phi) is 3.36. The van der Waals surface area contributed by atoms with Gasteiger partial charge in [0.2, 0.25) is 5.91 Å². The highest BCUT2D eigenvalue weighted by Gasteiger charge is 2.54. The molecule has 4 nitrogen and oxygen atoms in total. The zero-order valence-electron chi connectivity index (χ0n) is 15.8. The van der Waals surface area contributed by atoms with E-state index in [2.05, 4.69) is 17.4 Å². The van der Waals surface area contributed by atoms with E-state index in [4.69, 9.17) is 5.10 Å². The number of amides is 1. The lowest BCUT2D eigenvalue weighted by Gasteiger charge is -2.55. The van der Waals surface area contributed by atoms with Gasteiger partial charge in [0.05, 0.1) is 16.8 Å². The first-order valence-electron chi connectivity index (χ1n) is 10.7. The summed E-state index contributed by atoms with van der Waals surface area (Å²) in [6.45, 7) is 0. The summed E-state index contributed by atoms with van der Waals surface area (Å²) < 4.78 is 1.97. The number of para-hydroxylation sites is 1. The Morgan fingerprint density at radius 1 is 1.00 bits per heavy atom. The lowest BCUT2D eigenvalue weighted by atomic mass is 9.49. The summed E-state index contributed by atoms with van der Waals surface area (Å²) in [5, 5.41) is 8.27. The smallest absolute Gasteiger partial charge is 0.231 e. The molecule has 0 unspecified atom stereocenters. The molecule has 1 amide bonds. The zero-order chi connectivity index (χ0) is 18.0. The Morgan fingerprint density at radius 3 is 2.33 bits per heavy atom. The van der Waals surface area contributed by atoms with Crippen LogP contribution in [0.2, 0.25) is 0 Å². The van der Waals surface area contributed by atoms with Crippen LogP contribution in [0.1, 0.15) is 56.2 Å². The molecule has 0 spiro atoms. The molecule has 4 bridgehead atoms. The summed E-state index contributed by atoms with van der Waals surface area (Å²) in [6.07, 6.45) is 10.6. The number of hydrogen-bond acceptors (Lipinski definition) is 2. The average Bonchev–Trinajstić information content (AvgIpc) is 3.24. The maximum absolute atomic E-state index is 13.6. The van der Waals surface area contributed by atoms with Gasteiger partial charge in [-0.15, -0.1) is 0 Å². The van der Waals surface area contributed by atoms with E-state index in [0.717, 1.165) is 67.8 Å². The average molecular weight is 361 g/mol. The minimum absolute atomic E-state index is 0.119. The number of nitrogens with zero attached hydrogens (tertiary/aromatic N) is 2. The number of nitrogens with one attached hydrogen (secondary N) is 1. The fourth-order valence-corrected chi connectivity index (χ4v) is 6.91. The molecule has 1 aromatic heterocycles. The molecule has 140 valence electrons. The number of carbonyl (C=O) groups is 1. The van der Waals surface area contributed by atoms with Gasteiger partial charge in [-0.3, -0.25) is 4.79 Å². The normalized spacial score (nSPS) is 33.3. The molecule has 1 aromatic carbocycles. The maximum Gasteiger partial charge on any atom is 0.231 e. The van der Waals surface area contributed by atoms with E-state index in [0.29, 0.717) is 0 Å². The van der Waals surface area contributed by atoms with Crippen molar-refractivity contribution in [3.05, 3.63) is 41.6 Å². The summed E-state index contributed by atoms with van der Waals surface area (Å²) in [5.74, 6) is 3.56. The first kappa shape index (κ1) is 15.9. The summed E-state index contributed by atoms with van der Waals surface area (Å²) in [7, 11) is 0. The first-order chi connectivity index (χ1) is 13.2. The Labute approximate surface area is 160 Å². The zero-order valence-corrected chi connectivity index (χ0v) is 15.8. The van der Waals surface area contributed by atoms with Gasteiger partial charge in [-0.1, -0.05) is 18.2 Å². The molecule has 0 aliphatic heterocycles. The number of aromatic nitrogens is 2. The fourth-order valence-electron chi connectivity index (χ4n) is 6.91. The predicted molar refractivity (Wildman–Crippen MR) is 105 cm³/mol. The van der Waals surface area contributed by atoms with Gasteiger partial charge in [-0.05, 0) is 87.7 Å². The van der Waals surface area contributed by atoms with E-state index < -0.39 is 0 Å². The molecule has 4 heteroatoms. The van der Waals surface area contributed by atoms with Crippen LogP contribution in [-0.2, 0) is 17.6 Å². The monoisotopic (exact) mass is 361 g/mol. The molecule has 7 rings (SSSR count). The number of carbonyl (C=O) groups excluding carboxylic acids is 1. The molecule has 4 saturated carbocycles. The second kappa shape index (κ2) is 5.70. The van der Waals surface area contributed by atoms with Gasteiger partial charge in [0.25, 0.3) is 0 Å². The molecule has 1 N–H and O–H groups in total. The van der Waals surface area contributed by atoms with Crippen molar-refractivity contribution in [2.45, 2.75) is 57.8 Å². The van der Waals surface area contributed by atoms with Crippen molar-refractivity contribution < 1.29 is 4.79 Å². The quantitative estimate of drug-likeness (QED) is 0.874. The number of aryl methyl sites for hydroxylation is 1. The van der Waals surface area contributed by atoms with E-state index >= 15 is 0 Å². The molecular weight excluding hydrogens is 334 g/mol. The molecular formula is C23H27N3O. The van der Waals surface area contributed by atoms with E-state index in [1.807, 2.05) is 22.9 Å². The highest BCUT2D eigenvalue weighted by molar-refractivity contribution is 5.96. The van der Waals surface area contributed by atoms with Gasteiger partial charge in [-0.2, -0.15) is 5.10 Å². The van der Waals surface area contributed by atoms with Crippen LogP contribution < -0.4 is 5.32 Å². The van der Waals surface area contributed by atoms with Crippen LogP contribution in [0.3, 0.4) is 0 Å². The third-order valence-corrected chi connectivity index (χ3v) is 7.66. The van der Waals surface area contributed by atoms with Gasteiger partial charge in [-0.25, -0.2) is 4.68 Å². The van der Waals surface area contributed by atoms with E-state index in [-0.39, 0.29) is 11.3 Å². The van der Waals surface area contributed by atoms with Gasteiger partial charge in [0.1, 0.15) is 5.82 Å². The molecule has 0 atom stereocenters. The molecule has 27 heavy (non-hydrogen) atoms. The van der Waals surface area contributed by atoms with E-state index in [1.165, 1.54) is 30.5 Å². The molecule has 5 aliphatic rings. The Hall–Kier alpha value is -2.10. The number of anilines is 1. The van der Waals surface area contributed by atoms with Crippen LogP contribution in [0.4, 0.5) is 5.82 Å². The van der Waals surface area contributed by atoms with Crippen molar-refractivity contribution in [1.82, 2.24) is 9.78 Å². The van der Waals surface area contributed by atoms with Crippen LogP contribution in [0.25, 0.3) is 5.69 Å². The third kappa shape index (κ3) is 2.41. The minimum atomic E-state index is -0.119. The summed E-state index contributed by atoms with van der Waals surface area (Å²) in [4.78, 5) is 13.6. The molecule has 4 fully saturated rings. The Bertz CT molecular complexity index is 863. The molecule has 1 heterocycles. The van der Waals surface area contributed by atoms with Gasteiger partial charge < -0.3 is 5.32 Å². The van der Waals surface area contributed by atoms with Gasteiger partial charge >= 0.3 is 0 Å². The second-order valence-corrected chi connectivity index (χ2v) is 9.53. The number of rotatable bonds is 3. The SMILES string of the molecule is O=C(Nc1c2c(nn1-c1ccccc1)CCC2)C12CC3CC(CC(C3)C1)C2. The fraction of sp³-hybridized carbons (Fsp3) is 0.565. The van der Waals surface area contributed by atoms with Gasteiger partial charge in [0, 0.05) is 5.56 Å². The number of fused-ring (bicyclic) bond motifs is 1. The summed E-state index contributed by atoms with van der Waals surface area (Å²) in [6, 6.07) is 10.2. The molecule has 2 aromatic rings. The van der Waals surface area contributed by atoms with Crippen LogP contribution in [0.15, 0.2) is 30.3 Å². The Balaban J connectivity index is 1.36. The predicted octanol–water partition coefficient (Wildman–Crippen LogP) is 4.52. The Morgan fingerprint density at radius 2 is 1.67 bits per heavy atom. The highest BCUT2D eigenvalue weighted by atomic mass is 16.2. The van der Waals surface area contributed by atoms with Crippen LogP contribution in [-0.4, -0.2) is 15.7 Å². The third-order valence-electron chi connectivity index (χ3n) is 7.66. The number of hydrogen-bond donors (Lipinski definition) is 1. The largest absolute Gasteiger partial charge is 0.310 e. The second-order valence-electron chi connectivity index (χ2n) is 9.53. The van der Waals surface area contributed by atoms with Crippen LogP contribution >= 0.6 is 0 Å². The molecule has 0 radical (unpaired) electrons. The summed E-state index contributed by atoms with van der Waals surface area (Å²) in [5.41, 5.74) is 3.34.